The summed E-state index contributed by atoms with van der Waals surface area (Å²) in [6.07, 6.45) is -1.55. The molecule has 26 nitrogen and oxygen atoms in total. The van der Waals surface area contributed by atoms with E-state index < -0.39 is 92.6 Å². The van der Waals surface area contributed by atoms with Gasteiger partial charge < -0.3 is 44.4 Å². The molecular formula is C79H76N9O17P. The molecule has 106 heavy (non-hydrogen) atoms. The van der Waals surface area contributed by atoms with E-state index in [4.69, 9.17) is 42.0 Å². The lowest BCUT2D eigenvalue weighted by atomic mass is 9.80. The number of ether oxygens (including phenoxy) is 6. The maximum atomic E-state index is 16.2. The number of ketones is 3. The van der Waals surface area contributed by atoms with Gasteiger partial charge in [-0.3, -0.25) is 51.5 Å². The number of benzene rings is 7. The molecular weight excluding hydrogens is 1380 g/mol. The molecule has 3 N–H and O–H groups in total. The average molecular weight is 1450 g/mol. The van der Waals surface area contributed by atoms with E-state index in [9.17, 15) is 33.6 Å². The Morgan fingerprint density at radius 2 is 1.18 bits per heavy atom. The maximum Gasteiger partial charge on any atom is 0.475 e. The monoisotopic (exact) mass is 1450 g/mol. The van der Waals surface area contributed by atoms with E-state index in [2.05, 4.69) is 35.9 Å². The fourth-order valence-electron chi connectivity index (χ4n) is 13.2. The zero-order chi connectivity index (χ0) is 73.7. The molecule has 2 fully saturated rings. The summed E-state index contributed by atoms with van der Waals surface area (Å²) in [4.78, 5) is 112. The van der Waals surface area contributed by atoms with Crippen molar-refractivity contribution in [3.63, 3.8) is 0 Å². The van der Waals surface area contributed by atoms with Gasteiger partial charge >= 0.3 is 19.5 Å². The Morgan fingerprint density at radius 3 is 1.83 bits per heavy atom. The van der Waals surface area contributed by atoms with Gasteiger partial charge in [-0.25, -0.2) is 24.3 Å². The minimum Gasteiger partial charge on any atom is -0.497 e. The number of hydrogen-bond donors (Lipinski definition) is 3. The van der Waals surface area contributed by atoms with Gasteiger partial charge in [-0.1, -0.05) is 147 Å². The number of imidazole rings is 1. The topological polar surface area (TPSA) is 317 Å². The highest BCUT2D eigenvalue weighted by Gasteiger charge is 2.48. The van der Waals surface area contributed by atoms with Crippen LogP contribution < -0.4 is 31.1 Å². The highest BCUT2D eigenvalue weighted by molar-refractivity contribution is 7.48. The van der Waals surface area contributed by atoms with E-state index in [1.54, 1.807) is 129 Å². The molecule has 0 radical (unpaired) electrons. The SMILES string of the molecule is CCC(=O)CC(=O)O[C@H]1C[C@H](n2ccc(NC(=O)c3ccccc3)nc2=O)OC1COP(=O)(OCCCCCCNc1cccc2c1C(=O)c1ccccc1C2=O)O[C@H]1C[C@H](n2cnc3c(NC(=O)c4ccccc4)ncnc32)O[C@@H]1COC(c1ccccc1)(c1ccc(OC)cc1)c1ccc(OC)cc1. The van der Waals surface area contributed by atoms with Crippen LogP contribution in [0.1, 0.15) is 140 Å². The Balaban J connectivity index is 0.810. The number of carbonyl (C=O) groups is 6. The van der Waals surface area contributed by atoms with Crippen molar-refractivity contribution in [3.05, 3.63) is 267 Å². The third-order valence-electron chi connectivity index (χ3n) is 18.6. The van der Waals surface area contributed by atoms with Crippen LogP contribution in [-0.2, 0) is 52.3 Å². The molecule has 2 amide bonds. The number of amides is 2. The van der Waals surface area contributed by atoms with Gasteiger partial charge in [0.2, 0.25) is 0 Å². The summed E-state index contributed by atoms with van der Waals surface area (Å²) in [5.41, 5.74) is 2.96. The van der Waals surface area contributed by atoms with Gasteiger partial charge in [0.25, 0.3) is 11.8 Å². The number of nitrogens with zero attached hydrogens (tertiary/aromatic N) is 6. The summed E-state index contributed by atoms with van der Waals surface area (Å²) in [6, 6.07) is 54.8. The van der Waals surface area contributed by atoms with Crippen molar-refractivity contribution in [2.24, 2.45) is 0 Å². The van der Waals surface area contributed by atoms with E-state index in [0.717, 1.165) is 10.1 Å². The van der Waals surface area contributed by atoms with Crippen molar-refractivity contribution in [1.29, 1.82) is 0 Å². The van der Waals surface area contributed by atoms with Gasteiger partial charge in [0.05, 0.1) is 45.9 Å². The third-order valence-corrected chi connectivity index (χ3v) is 20.1. The molecule has 2 unspecified atom stereocenters. The Labute approximate surface area is 609 Å². The molecule has 3 aliphatic rings. The highest BCUT2D eigenvalue weighted by atomic mass is 31.2. The zero-order valence-corrected chi connectivity index (χ0v) is 59.0. The summed E-state index contributed by atoms with van der Waals surface area (Å²) in [6.45, 7) is 0.960. The molecule has 7 aromatic carbocycles. The number of nitrogens with one attached hydrogen (secondary N) is 3. The second-order valence-corrected chi connectivity index (χ2v) is 26.9. The minimum absolute atomic E-state index is 0.0461. The molecule has 1 aliphatic carbocycles. The predicted molar refractivity (Wildman–Crippen MR) is 389 cm³/mol. The smallest absolute Gasteiger partial charge is 0.475 e. The third kappa shape index (κ3) is 16.3. The first-order valence-corrected chi connectivity index (χ1v) is 36.2. The molecule has 13 rings (SSSR count). The predicted octanol–water partition coefficient (Wildman–Crippen LogP) is 12.4. The quantitative estimate of drug-likeness (QED) is 0.0116. The van der Waals surface area contributed by atoms with Crippen molar-refractivity contribution in [1.82, 2.24) is 29.1 Å². The first kappa shape index (κ1) is 73.1. The summed E-state index contributed by atoms with van der Waals surface area (Å²) in [5.74, 6) is -1.42. The maximum absolute atomic E-state index is 16.2. The van der Waals surface area contributed by atoms with Crippen LogP contribution in [0.5, 0.6) is 11.5 Å². The van der Waals surface area contributed by atoms with Crippen molar-refractivity contribution in [2.75, 3.05) is 56.5 Å². The molecule has 5 heterocycles. The van der Waals surface area contributed by atoms with E-state index in [0.29, 0.717) is 93.9 Å². The Bertz CT molecular complexity index is 4890. The summed E-state index contributed by atoms with van der Waals surface area (Å²) < 4.78 is 76.8. The number of carbonyl (C=O) groups excluding carboxylic acids is 6. The van der Waals surface area contributed by atoms with Crippen LogP contribution in [0.3, 0.4) is 0 Å². The number of aromatic nitrogens is 6. The summed E-state index contributed by atoms with van der Waals surface area (Å²) >= 11 is 0. The number of rotatable bonds is 32. The number of fused-ring (bicyclic) bond motifs is 3. The normalized spacial score (nSPS) is 18.1. The molecule has 7 atom stereocenters. The van der Waals surface area contributed by atoms with E-state index in [1.807, 2.05) is 78.9 Å². The van der Waals surface area contributed by atoms with Gasteiger partial charge in [-0.05, 0) is 90.2 Å². The fourth-order valence-corrected chi connectivity index (χ4v) is 14.6. The molecule has 3 aromatic heterocycles. The fraction of sp³-hybridized carbons (Fsp3) is 0.278. The number of methoxy groups -OCH3 is 2. The second kappa shape index (κ2) is 33.3. The number of esters is 1. The van der Waals surface area contributed by atoms with E-state index in [-0.39, 0.29) is 66.8 Å². The lowest BCUT2D eigenvalue weighted by Crippen LogP contribution is -2.38. The first-order valence-electron chi connectivity index (χ1n) is 34.8. The van der Waals surface area contributed by atoms with Crippen LogP contribution in [0.15, 0.2) is 212 Å². The van der Waals surface area contributed by atoms with Gasteiger partial charge in [0, 0.05) is 65.5 Å². The molecule has 2 saturated heterocycles. The Hall–Kier alpha value is -11.2. The molecule has 0 spiro atoms. The van der Waals surface area contributed by atoms with Crippen LogP contribution >= 0.6 is 7.82 Å². The van der Waals surface area contributed by atoms with E-state index >= 15 is 4.57 Å². The van der Waals surface area contributed by atoms with Crippen LogP contribution in [-0.4, -0.2) is 129 Å². The second-order valence-electron chi connectivity index (χ2n) is 25.3. The number of phosphoric acid groups is 1. The Kier molecular flexibility index (Phi) is 22.9. The van der Waals surface area contributed by atoms with Crippen LogP contribution in [0.2, 0.25) is 0 Å². The van der Waals surface area contributed by atoms with Crippen molar-refractivity contribution in [3.8, 4) is 11.5 Å². The molecule has 0 bridgehead atoms. The van der Waals surface area contributed by atoms with Gasteiger partial charge in [0.15, 0.2) is 28.5 Å². The number of Topliss-reactive ketones (excluding diaryl/α,β-unsaturated/α-hetero) is 1. The summed E-state index contributed by atoms with van der Waals surface area (Å²) in [5, 5.41) is 8.85. The highest BCUT2D eigenvalue weighted by Crippen LogP contribution is 2.55. The number of phosphoric ester groups is 1. The number of anilines is 3. The lowest BCUT2D eigenvalue weighted by molar-refractivity contribution is -0.154. The van der Waals surface area contributed by atoms with Crippen molar-refractivity contribution >= 4 is 71.4 Å². The number of hydrogen-bond acceptors (Lipinski definition) is 22. The van der Waals surface area contributed by atoms with E-state index in [1.165, 1.54) is 24.9 Å². The standard InChI is InChI=1S/C79H76N9O17P/c1-4-55(89)43-69(90)104-62-44-67(87-41-39-66(85-78(87)95)84-76(93)50-21-10-7-11-22-50)103-65(62)47-101-106(96,100-42-19-6-5-18-40-80-61-30-20-29-60-70(61)73(92)59-28-17-16-27-58(59)72(60)91)105-63-45-68(88-49-83-71-74(81-48-82-75(71)88)86-77(94)51-23-12-8-13-24-51)102-64(63)46-99-79(52-25-14-9-15-26-52,53-31-35-56(97-2)36-32-53)54-33-37-57(98-3)38-34-54/h7-17,20-39,41,48-49,62-65,67-68,80H,4-6,18-19,40,42-47H2,1-3H3,(H,81,82,86,94)(H,84,85,93,95)/t62-,63-,64+,65?,67+,68+,106?/m0/s1. The zero-order valence-electron chi connectivity index (χ0n) is 58.2. The molecule has 27 heteroatoms. The first-order chi connectivity index (χ1) is 51.6. The molecule has 2 aliphatic heterocycles. The van der Waals surface area contributed by atoms with Gasteiger partial charge in [-0.2, -0.15) is 4.98 Å². The van der Waals surface area contributed by atoms with Crippen LogP contribution in [0.25, 0.3) is 11.2 Å². The van der Waals surface area contributed by atoms with Gasteiger partial charge in [0.1, 0.15) is 78.3 Å². The van der Waals surface area contributed by atoms with Gasteiger partial charge in [-0.15, -0.1) is 0 Å². The Morgan fingerprint density at radius 1 is 0.594 bits per heavy atom. The summed E-state index contributed by atoms with van der Waals surface area (Å²) in [7, 11) is -1.78. The average Bonchev–Trinajstić information content (AvgIpc) is 0.930. The molecule has 544 valence electrons. The molecule has 0 saturated carbocycles. The minimum atomic E-state index is -4.93. The lowest BCUT2D eigenvalue weighted by Gasteiger charge is -2.37. The molecule has 10 aromatic rings. The number of unbranched alkanes of at least 4 members (excludes halogenated alkanes) is 3. The van der Waals surface area contributed by atoms with Crippen LogP contribution in [0.4, 0.5) is 17.3 Å². The largest absolute Gasteiger partial charge is 0.497 e. The van der Waals surface area contributed by atoms with Crippen molar-refractivity contribution in [2.45, 2.75) is 101 Å². The van der Waals surface area contributed by atoms with Crippen molar-refractivity contribution < 1.29 is 75.3 Å². The van der Waals surface area contributed by atoms with Crippen LogP contribution in [0, 0.1) is 0 Å².